The van der Waals surface area contributed by atoms with E-state index in [1.165, 1.54) is 0 Å². The Labute approximate surface area is 153 Å². The molecule has 0 saturated carbocycles. The van der Waals surface area contributed by atoms with Gasteiger partial charge in [-0.15, -0.1) is 0 Å². The molecule has 2 atom stereocenters. The van der Waals surface area contributed by atoms with E-state index in [-0.39, 0.29) is 11.9 Å². The van der Waals surface area contributed by atoms with Crippen molar-refractivity contribution in [2.75, 3.05) is 11.5 Å². The van der Waals surface area contributed by atoms with Crippen LogP contribution in [0.3, 0.4) is 0 Å². The van der Waals surface area contributed by atoms with Crippen molar-refractivity contribution < 1.29 is 19.1 Å². The van der Waals surface area contributed by atoms with E-state index in [9.17, 15) is 9.59 Å². The summed E-state index contributed by atoms with van der Waals surface area (Å²) in [6.07, 6.45) is -0.0822. The first-order valence-electron chi connectivity index (χ1n) is 8.86. The lowest BCUT2D eigenvalue weighted by Gasteiger charge is -2.26. The van der Waals surface area contributed by atoms with E-state index in [0.29, 0.717) is 17.9 Å². The Bertz CT molecular complexity index is 817. The molecule has 0 N–H and O–H groups in total. The third-order valence-corrected chi connectivity index (χ3v) is 4.48. The molecule has 0 aliphatic carbocycles. The summed E-state index contributed by atoms with van der Waals surface area (Å²) in [6.45, 7) is 5.90. The molecule has 0 fully saturated rings. The van der Waals surface area contributed by atoms with E-state index in [1.54, 1.807) is 36.1 Å². The predicted molar refractivity (Wildman–Crippen MR) is 99.6 cm³/mol. The molecule has 0 spiro atoms. The summed E-state index contributed by atoms with van der Waals surface area (Å²) in [7, 11) is 0. The highest BCUT2D eigenvalue weighted by Gasteiger charge is 2.34. The minimum atomic E-state index is -0.884. The van der Waals surface area contributed by atoms with Gasteiger partial charge >= 0.3 is 5.97 Å². The smallest absolute Gasteiger partial charge is 0.342 e. The van der Waals surface area contributed by atoms with Crippen molar-refractivity contribution in [3.8, 4) is 5.75 Å². The van der Waals surface area contributed by atoms with Crippen LogP contribution in [0.4, 0.5) is 5.69 Å². The van der Waals surface area contributed by atoms with Gasteiger partial charge in [0.1, 0.15) is 11.3 Å². The van der Waals surface area contributed by atoms with Gasteiger partial charge in [-0.3, -0.25) is 4.79 Å². The number of nitrogens with zero attached hydrogens (tertiary/aromatic N) is 1. The molecular weight excluding hydrogens is 330 g/mol. The topological polar surface area (TPSA) is 55.8 Å². The Hall–Kier alpha value is -2.82. The second-order valence-electron chi connectivity index (χ2n) is 6.37. The number of hydrogen-bond donors (Lipinski definition) is 0. The third kappa shape index (κ3) is 3.43. The van der Waals surface area contributed by atoms with Crippen LogP contribution >= 0.6 is 0 Å². The number of esters is 1. The zero-order valence-corrected chi connectivity index (χ0v) is 15.3. The van der Waals surface area contributed by atoms with Crippen LogP contribution in [0, 0.1) is 0 Å². The number of anilines is 1. The molecule has 1 amide bonds. The quantitative estimate of drug-likeness (QED) is 0.771. The fourth-order valence-electron chi connectivity index (χ4n) is 3.29. The average molecular weight is 353 g/mol. The number of benzene rings is 2. The Morgan fingerprint density at radius 3 is 2.62 bits per heavy atom. The summed E-state index contributed by atoms with van der Waals surface area (Å²) in [6, 6.07) is 14.7. The van der Waals surface area contributed by atoms with Gasteiger partial charge in [-0.2, -0.15) is 0 Å². The van der Waals surface area contributed by atoms with Crippen molar-refractivity contribution in [3.63, 3.8) is 0 Å². The first-order chi connectivity index (χ1) is 12.5. The van der Waals surface area contributed by atoms with Crippen molar-refractivity contribution in [1.82, 2.24) is 0 Å². The van der Waals surface area contributed by atoms with Crippen molar-refractivity contribution >= 4 is 17.6 Å². The molecule has 5 heteroatoms. The largest absolute Gasteiger partial charge is 0.493 e. The summed E-state index contributed by atoms with van der Waals surface area (Å²) in [4.78, 5) is 27.2. The van der Waals surface area contributed by atoms with Crippen LogP contribution in [0.15, 0.2) is 48.5 Å². The molecular formula is C21H23NO4. The SMILES string of the molecule is CCOc1ccccc1C(=O)O[C@@H](C)C(=O)N1c2ccccc2C[C@H]1C. The van der Waals surface area contributed by atoms with Gasteiger partial charge in [0.25, 0.3) is 5.91 Å². The van der Waals surface area contributed by atoms with Crippen LogP contribution in [0.5, 0.6) is 5.75 Å². The zero-order chi connectivity index (χ0) is 18.7. The highest BCUT2D eigenvalue weighted by Crippen LogP contribution is 2.32. The van der Waals surface area contributed by atoms with Gasteiger partial charge in [0.05, 0.1) is 6.61 Å². The fraction of sp³-hybridized carbons (Fsp3) is 0.333. The minimum Gasteiger partial charge on any atom is -0.493 e. The first kappa shape index (κ1) is 18.0. The molecule has 136 valence electrons. The molecule has 3 rings (SSSR count). The number of para-hydroxylation sites is 2. The number of amides is 1. The first-order valence-corrected chi connectivity index (χ1v) is 8.86. The van der Waals surface area contributed by atoms with E-state index in [0.717, 1.165) is 17.7 Å². The van der Waals surface area contributed by atoms with Crippen molar-refractivity contribution in [3.05, 3.63) is 59.7 Å². The molecule has 0 aromatic heterocycles. The van der Waals surface area contributed by atoms with Crippen LogP contribution in [-0.2, 0) is 16.0 Å². The van der Waals surface area contributed by atoms with Crippen LogP contribution in [0.25, 0.3) is 0 Å². The molecule has 1 heterocycles. The Balaban J connectivity index is 1.75. The molecule has 26 heavy (non-hydrogen) atoms. The van der Waals surface area contributed by atoms with E-state index in [2.05, 4.69) is 0 Å². The second-order valence-corrected chi connectivity index (χ2v) is 6.37. The van der Waals surface area contributed by atoms with Gasteiger partial charge in [0.15, 0.2) is 6.10 Å². The van der Waals surface area contributed by atoms with Crippen LogP contribution in [0.1, 0.15) is 36.7 Å². The van der Waals surface area contributed by atoms with E-state index < -0.39 is 12.1 Å². The summed E-state index contributed by atoms with van der Waals surface area (Å²) in [5.41, 5.74) is 2.35. The highest BCUT2D eigenvalue weighted by atomic mass is 16.5. The molecule has 0 bridgehead atoms. The van der Waals surface area contributed by atoms with Gasteiger partial charge in [-0.05, 0) is 51.0 Å². The van der Waals surface area contributed by atoms with Crippen molar-refractivity contribution in [1.29, 1.82) is 0 Å². The standard InChI is InChI=1S/C21H23NO4/c1-4-25-19-12-8-6-10-17(19)21(24)26-15(3)20(23)22-14(2)13-16-9-5-7-11-18(16)22/h5-12,14-15H,4,13H2,1-3H3/t14-,15+/m1/s1. The number of carbonyl (C=O) groups is 2. The predicted octanol–water partition coefficient (Wildman–Crippen LogP) is 3.61. The highest BCUT2D eigenvalue weighted by molar-refractivity contribution is 6.01. The Morgan fingerprint density at radius 1 is 1.15 bits per heavy atom. The number of rotatable bonds is 5. The summed E-state index contributed by atoms with van der Waals surface area (Å²) >= 11 is 0. The normalized spacial score (nSPS) is 16.7. The fourth-order valence-corrected chi connectivity index (χ4v) is 3.29. The Kier molecular flexibility index (Phi) is 5.26. The number of hydrogen-bond acceptors (Lipinski definition) is 4. The lowest BCUT2D eigenvalue weighted by Crippen LogP contribution is -2.43. The lowest BCUT2D eigenvalue weighted by atomic mass is 10.1. The number of ether oxygens (including phenoxy) is 2. The molecule has 0 saturated heterocycles. The number of carbonyl (C=O) groups excluding carboxylic acids is 2. The maximum absolute atomic E-state index is 12.9. The zero-order valence-electron chi connectivity index (χ0n) is 15.3. The maximum Gasteiger partial charge on any atom is 0.342 e. The van der Waals surface area contributed by atoms with Crippen molar-refractivity contribution in [2.45, 2.75) is 39.3 Å². The molecule has 1 aliphatic rings. The Morgan fingerprint density at radius 2 is 1.85 bits per heavy atom. The van der Waals surface area contributed by atoms with Crippen LogP contribution in [0.2, 0.25) is 0 Å². The molecule has 0 unspecified atom stereocenters. The van der Waals surface area contributed by atoms with Gasteiger partial charge < -0.3 is 14.4 Å². The molecule has 0 radical (unpaired) electrons. The van der Waals surface area contributed by atoms with E-state index >= 15 is 0 Å². The number of fused-ring (bicyclic) bond motifs is 1. The molecule has 2 aromatic rings. The molecule has 5 nitrogen and oxygen atoms in total. The van der Waals surface area contributed by atoms with Crippen molar-refractivity contribution in [2.24, 2.45) is 0 Å². The molecule has 1 aliphatic heterocycles. The molecule has 2 aromatic carbocycles. The van der Waals surface area contributed by atoms with Gasteiger partial charge in [-0.1, -0.05) is 30.3 Å². The second kappa shape index (κ2) is 7.60. The van der Waals surface area contributed by atoms with Gasteiger partial charge in [0, 0.05) is 11.7 Å². The summed E-state index contributed by atoms with van der Waals surface area (Å²) in [5.74, 6) is -0.320. The van der Waals surface area contributed by atoms with E-state index in [4.69, 9.17) is 9.47 Å². The van der Waals surface area contributed by atoms with Crippen LogP contribution in [-0.4, -0.2) is 30.6 Å². The van der Waals surface area contributed by atoms with E-state index in [1.807, 2.05) is 38.1 Å². The van der Waals surface area contributed by atoms with Crippen LogP contribution < -0.4 is 9.64 Å². The summed E-state index contributed by atoms with van der Waals surface area (Å²) in [5, 5.41) is 0. The lowest BCUT2D eigenvalue weighted by molar-refractivity contribution is -0.126. The average Bonchev–Trinajstić information content (AvgIpc) is 2.97. The third-order valence-electron chi connectivity index (χ3n) is 4.48. The van der Waals surface area contributed by atoms with Gasteiger partial charge in [-0.25, -0.2) is 4.79 Å². The monoisotopic (exact) mass is 353 g/mol. The minimum absolute atomic E-state index is 0.0387. The summed E-state index contributed by atoms with van der Waals surface area (Å²) < 4.78 is 10.9. The van der Waals surface area contributed by atoms with Gasteiger partial charge in [0.2, 0.25) is 0 Å². The maximum atomic E-state index is 12.9.